The number of ether oxygens (including phenoxy) is 3. The van der Waals surface area contributed by atoms with Crippen molar-refractivity contribution in [2.45, 2.75) is 18.0 Å². The molecule has 0 bridgehead atoms. The van der Waals surface area contributed by atoms with E-state index in [-0.39, 0.29) is 17.3 Å². The van der Waals surface area contributed by atoms with Gasteiger partial charge in [0, 0.05) is 25.2 Å². The maximum atomic E-state index is 13.1. The van der Waals surface area contributed by atoms with Gasteiger partial charge in [-0.25, -0.2) is 8.42 Å². The van der Waals surface area contributed by atoms with Gasteiger partial charge < -0.3 is 19.5 Å². The van der Waals surface area contributed by atoms with E-state index in [0.29, 0.717) is 55.5 Å². The Balaban J connectivity index is 1.44. The first-order valence-corrected chi connectivity index (χ1v) is 12.7. The van der Waals surface area contributed by atoms with Crippen molar-refractivity contribution in [3.63, 3.8) is 0 Å². The summed E-state index contributed by atoms with van der Waals surface area (Å²) in [7, 11) is -2.17. The van der Waals surface area contributed by atoms with Crippen LogP contribution in [0.5, 0.6) is 11.5 Å². The number of carbonyl (C=O) groups excluding carboxylic acids is 1. The topological polar surface area (TPSA) is 94.2 Å². The average molecular weight is 497 g/mol. The van der Waals surface area contributed by atoms with Crippen LogP contribution >= 0.6 is 0 Å². The Bertz CT molecular complexity index is 1260. The van der Waals surface area contributed by atoms with Gasteiger partial charge in [-0.2, -0.15) is 4.31 Å². The lowest BCUT2D eigenvalue weighted by Gasteiger charge is -2.27. The molecule has 0 unspecified atom stereocenters. The van der Waals surface area contributed by atoms with E-state index in [1.54, 1.807) is 42.5 Å². The second kappa shape index (κ2) is 11.4. The van der Waals surface area contributed by atoms with Gasteiger partial charge in [0.15, 0.2) is 11.5 Å². The molecule has 1 heterocycles. The molecule has 184 valence electrons. The zero-order chi connectivity index (χ0) is 24.7. The summed E-state index contributed by atoms with van der Waals surface area (Å²) in [6.45, 7) is 1.78. The molecule has 0 saturated carbocycles. The van der Waals surface area contributed by atoms with E-state index in [4.69, 9.17) is 14.2 Å². The Morgan fingerprint density at radius 3 is 2.43 bits per heavy atom. The third-order valence-electron chi connectivity index (χ3n) is 5.66. The van der Waals surface area contributed by atoms with Gasteiger partial charge in [-0.05, 0) is 35.4 Å². The number of sulfonamides is 1. The molecule has 3 aromatic carbocycles. The lowest BCUT2D eigenvalue weighted by molar-refractivity contribution is 0.0730. The van der Waals surface area contributed by atoms with E-state index in [0.717, 1.165) is 5.56 Å². The largest absolute Gasteiger partial charge is 0.493 e. The van der Waals surface area contributed by atoms with Gasteiger partial charge in [0.1, 0.15) is 6.61 Å². The Hall–Kier alpha value is -3.40. The van der Waals surface area contributed by atoms with Crippen molar-refractivity contribution in [2.75, 3.05) is 33.4 Å². The fourth-order valence-corrected chi connectivity index (χ4v) is 5.40. The van der Waals surface area contributed by atoms with Crippen molar-refractivity contribution in [1.82, 2.24) is 9.62 Å². The third kappa shape index (κ3) is 6.00. The molecule has 1 fully saturated rings. The smallest absolute Gasteiger partial charge is 0.251 e. The van der Waals surface area contributed by atoms with Crippen LogP contribution in [-0.2, 0) is 27.9 Å². The number of carbonyl (C=O) groups is 1. The van der Waals surface area contributed by atoms with Crippen LogP contribution < -0.4 is 14.8 Å². The van der Waals surface area contributed by atoms with E-state index >= 15 is 0 Å². The predicted molar refractivity (Wildman–Crippen MR) is 131 cm³/mol. The number of nitrogens with one attached hydrogen (secondary N) is 1. The van der Waals surface area contributed by atoms with Crippen molar-refractivity contribution in [1.29, 1.82) is 0 Å². The summed E-state index contributed by atoms with van der Waals surface area (Å²) in [5.74, 6) is 0.607. The molecule has 0 atom stereocenters. The lowest BCUT2D eigenvalue weighted by atomic mass is 10.1. The molecule has 1 aliphatic rings. The normalized spacial score (nSPS) is 14.3. The molecule has 1 saturated heterocycles. The van der Waals surface area contributed by atoms with Crippen LogP contribution in [0.4, 0.5) is 0 Å². The summed E-state index contributed by atoms with van der Waals surface area (Å²) >= 11 is 0. The predicted octanol–water partition coefficient (Wildman–Crippen LogP) is 3.23. The van der Waals surface area contributed by atoms with Crippen molar-refractivity contribution in [2.24, 2.45) is 0 Å². The number of morpholine rings is 1. The highest BCUT2D eigenvalue weighted by Crippen LogP contribution is 2.29. The molecule has 0 spiro atoms. The fourth-order valence-electron chi connectivity index (χ4n) is 3.77. The van der Waals surface area contributed by atoms with Gasteiger partial charge in [-0.3, -0.25) is 4.79 Å². The molecule has 35 heavy (non-hydrogen) atoms. The van der Waals surface area contributed by atoms with Crippen LogP contribution in [0, 0.1) is 0 Å². The van der Waals surface area contributed by atoms with Crippen LogP contribution in [0.25, 0.3) is 0 Å². The molecule has 0 radical (unpaired) electrons. The molecule has 1 aliphatic heterocycles. The van der Waals surface area contributed by atoms with Crippen LogP contribution in [0.2, 0.25) is 0 Å². The monoisotopic (exact) mass is 496 g/mol. The number of rotatable bonds is 9. The highest BCUT2D eigenvalue weighted by Gasteiger charge is 2.28. The Labute approximate surface area is 205 Å². The van der Waals surface area contributed by atoms with E-state index < -0.39 is 10.0 Å². The van der Waals surface area contributed by atoms with Gasteiger partial charge in [0.05, 0.1) is 25.2 Å². The first-order chi connectivity index (χ1) is 17.0. The van der Waals surface area contributed by atoms with E-state index in [1.165, 1.54) is 11.4 Å². The van der Waals surface area contributed by atoms with Crippen molar-refractivity contribution < 1.29 is 27.4 Å². The Morgan fingerprint density at radius 1 is 0.971 bits per heavy atom. The Kier molecular flexibility index (Phi) is 8.02. The molecule has 1 amide bonds. The average Bonchev–Trinajstić information content (AvgIpc) is 2.91. The summed E-state index contributed by atoms with van der Waals surface area (Å²) in [4.78, 5) is 13.0. The minimum Gasteiger partial charge on any atom is -0.493 e. The first kappa shape index (κ1) is 24.7. The second-order valence-electron chi connectivity index (χ2n) is 7.95. The number of amides is 1. The highest BCUT2D eigenvalue weighted by atomic mass is 32.2. The minimum atomic E-state index is -3.69. The lowest BCUT2D eigenvalue weighted by Crippen LogP contribution is -2.41. The molecule has 1 N–H and O–H groups in total. The van der Waals surface area contributed by atoms with Crippen molar-refractivity contribution >= 4 is 15.9 Å². The maximum Gasteiger partial charge on any atom is 0.251 e. The van der Waals surface area contributed by atoms with Crippen molar-refractivity contribution in [3.05, 3.63) is 89.5 Å². The number of nitrogens with zero attached hydrogens (tertiary/aromatic N) is 1. The van der Waals surface area contributed by atoms with Crippen LogP contribution in [0.3, 0.4) is 0 Å². The molecule has 0 aliphatic carbocycles. The van der Waals surface area contributed by atoms with Gasteiger partial charge in [0.2, 0.25) is 10.0 Å². The van der Waals surface area contributed by atoms with E-state index in [2.05, 4.69) is 5.32 Å². The van der Waals surface area contributed by atoms with Crippen molar-refractivity contribution in [3.8, 4) is 11.5 Å². The summed E-state index contributed by atoms with van der Waals surface area (Å²) in [5, 5.41) is 2.82. The molecule has 0 aromatic heterocycles. The number of benzene rings is 3. The third-order valence-corrected chi connectivity index (χ3v) is 7.66. The van der Waals surface area contributed by atoms with Gasteiger partial charge >= 0.3 is 0 Å². The van der Waals surface area contributed by atoms with Crippen LogP contribution in [0.15, 0.2) is 77.7 Å². The zero-order valence-corrected chi connectivity index (χ0v) is 20.3. The molecular formula is C26H28N2O6S. The summed E-state index contributed by atoms with van der Waals surface area (Å²) < 4.78 is 44.2. The molecule has 3 aromatic rings. The number of hydrogen-bond acceptors (Lipinski definition) is 6. The number of hydrogen-bond donors (Lipinski definition) is 1. The standard InChI is InChI=1S/C26H28N2O6S/c1-32-24-17-21(11-12-23(24)34-19-20-7-3-2-4-8-20)26(29)27-18-22-9-5-6-10-25(22)35(30,31)28-13-15-33-16-14-28/h2-12,17H,13-16,18-19H2,1H3,(H,27,29). The van der Waals surface area contributed by atoms with Crippen LogP contribution in [0.1, 0.15) is 21.5 Å². The van der Waals surface area contributed by atoms with Gasteiger partial charge in [0.25, 0.3) is 5.91 Å². The van der Waals surface area contributed by atoms with E-state index in [9.17, 15) is 13.2 Å². The number of methoxy groups -OCH3 is 1. The molecule has 8 nitrogen and oxygen atoms in total. The quantitative estimate of drug-likeness (QED) is 0.489. The summed E-state index contributed by atoms with van der Waals surface area (Å²) in [6.07, 6.45) is 0. The maximum absolute atomic E-state index is 13.1. The van der Waals surface area contributed by atoms with Gasteiger partial charge in [-0.1, -0.05) is 48.5 Å². The first-order valence-electron chi connectivity index (χ1n) is 11.3. The van der Waals surface area contributed by atoms with Gasteiger partial charge in [-0.15, -0.1) is 0 Å². The SMILES string of the molecule is COc1cc(C(=O)NCc2ccccc2S(=O)(=O)N2CCOCC2)ccc1OCc1ccccc1. The highest BCUT2D eigenvalue weighted by molar-refractivity contribution is 7.89. The molecule has 4 rings (SSSR count). The molecule has 9 heteroatoms. The molecular weight excluding hydrogens is 468 g/mol. The fraction of sp³-hybridized carbons (Fsp3) is 0.269. The van der Waals surface area contributed by atoms with E-state index in [1.807, 2.05) is 30.3 Å². The summed E-state index contributed by atoms with van der Waals surface area (Å²) in [5.41, 5.74) is 1.91. The van der Waals surface area contributed by atoms with Crippen LogP contribution in [-0.4, -0.2) is 52.0 Å². The zero-order valence-electron chi connectivity index (χ0n) is 19.5. The second-order valence-corrected chi connectivity index (χ2v) is 9.85. The Morgan fingerprint density at radius 2 is 1.69 bits per heavy atom. The minimum absolute atomic E-state index is 0.0626. The summed E-state index contributed by atoms with van der Waals surface area (Å²) in [6, 6.07) is 21.4.